The van der Waals surface area contributed by atoms with Crippen LogP contribution in [0.2, 0.25) is 0 Å². The van der Waals surface area contributed by atoms with Gasteiger partial charge in [0.2, 0.25) is 0 Å². The first-order valence-corrected chi connectivity index (χ1v) is 13.9. The van der Waals surface area contributed by atoms with E-state index in [1.807, 2.05) is 60.8 Å². The maximum atomic E-state index is 13.1. The van der Waals surface area contributed by atoms with Gasteiger partial charge in [-0.2, -0.15) is 0 Å². The second-order valence-corrected chi connectivity index (χ2v) is 10.5. The summed E-state index contributed by atoms with van der Waals surface area (Å²) in [6.45, 7) is 2.14. The van der Waals surface area contributed by atoms with Gasteiger partial charge in [-0.1, -0.05) is 66.8 Å². The van der Waals surface area contributed by atoms with Gasteiger partial charge >= 0.3 is 0 Å². The van der Waals surface area contributed by atoms with Crippen molar-refractivity contribution in [1.82, 2.24) is 15.0 Å². The second kappa shape index (κ2) is 11.2. The zero-order valence-corrected chi connectivity index (χ0v) is 23.1. The Kier molecular flexibility index (Phi) is 7.32. The Labute approximate surface area is 242 Å². The number of amides is 2. The highest BCUT2D eigenvalue weighted by Crippen LogP contribution is 2.45. The van der Waals surface area contributed by atoms with Crippen LogP contribution in [0.1, 0.15) is 36.1 Å². The van der Waals surface area contributed by atoms with Crippen LogP contribution in [0.4, 0.5) is 17.1 Å². The summed E-state index contributed by atoms with van der Waals surface area (Å²) >= 11 is 0. The van der Waals surface area contributed by atoms with E-state index in [1.54, 1.807) is 46.8 Å². The van der Waals surface area contributed by atoms with Gasteiger partial charge in [-0.3, -0.25) is 19.2 Å². The molecule has 3 N–H and O–H groups in total. The van der Waals surface area contributed by atoms with Crippen LogP contribution < -0.4 is 15.0 Å². The molecule has 10 heteroatoms. The van der Waals surface area contributed by atoms with E-state index in [0.717, 1.165) is 5.56 Å². The van der Waals surface area contributed by atoms with E-state index in [2.05, 4.69) is 15.6 Å². The Morgan fingerprint density at radius 2 is 1.88 bits per heavy atom. The van der Waals surface area contributed by atoms with Gasteiger partial charge in [0.1, 0.15) is 5.75 Å². The Morgan fingerprint density at radius 1 is 1.10 bits per heavy atom. The normalized spacial score (nSPS) is 19.3. The highest BCUT2D eigenvalue weighted by atomic mass is 16.5. The quantitative estimate of drug-likeness (QED) is 0.263. The molecule has 1 aromatic heterocycles. The number of para-hydroxylation sites is 2. The molecule has 2 aliphatic heterocycles. The van der Waals surface area contributed by atoms with E-state index >= 15 is 0 Å². The standard InChI is InChI=1S/C32H31N5O5/c1-21(9-7-8-16-36-18-27(34-35-36)24(19-38)22-10-3-2-4-11-22)32(41)25-17-23(14-15-26(25)33-31(32)40)37-28-12-5-6-13-29(28)42-20-30(37)39/h2-7,9-15,17-18,21,24,38,41H,8,16,19-20H2,1H3,(H,33,40)/b9-7+/t21-,24?,32+/m0/s1. The molecule has 0 aliphatic carbocycles. The molecule has 0 bridgehead atoms. The highest BCUT2D eigenvalue weighted by molar-refractivity contribution is 6.08. The molecule has 0 spiro atoms. The van der Waals surface area contributed by atoms with Crippen molar-refractivity contribution >= 4 is 28.9 Å². The fourth-order valence-corrected chi connectivity index (χ4v) is 5.56. The second-order valence-electron chi connectivity index (χ2n) is 10.5. The number of carbonyl (C=O) groups is 2. The lowest BCUT2D eigenvalue weighted by Gasteiger charge is -2.31. The van der Waals surface area contributed by atoms with Crippen LogP contribution >= 0.6 is 0 Å². The summed E-state index contributed by atoms with van der Waals surface area (Å²) < 4.78 is 7.28. The molecular weight excluding hydrogens is 534 g/mol. The number of hydrogen-bond donors (Lipinski definition) is 3. The summed E-state index contributed by atoms with van der Waals surface area (Å²) in [7, 11) is 0. The number of hydrogen-bond acceptors (Lipinski definition) is 7. The summed E-state index contributed by atoms with van der Waals surface area (Å²) in [4.78, 5) is 27.5. The summed E-state index contributed by atoms with van der Waals surface area (Å²) in [5, 5.41) is 32.9. The molecule has 0 saturated heterocycles. The molecule has 4 aromatic rings. The number of aliphatic hydroxyl groups excluding tert-OH is 1. The number of aliphatic hydroxyl groups is 2. The number of aromatic nitrogens is 3. The molecule has 3 atom stereocenters. The number of allylic oxidation sites excluding steroid dienone is 1. The number of ether oxygens (including phenoxy) is 1. The van der Waals surface area contributed by atoms with Crippen LogP contribution in [0.25, 0.3) is 0 Å². The molecule has 2 aliphatic rings. The van der Waals surface area contributed by atoms with Crippen LogP contribution in [-0.4, -0.2) is 50.2 Å². The largest absolute Gasteiger partial charge is 0.482 e. The van der Waals surface area contributed by atoms with E-state index in [-0.39, 0.29) is 25.0 Å². The predicted octanol–water partition coefficient (Wildman–Crippen LogP) is 3.88. The molecule has 0 saturated carbocycles. The predicted molar refractivity (Wildman–Crippen MR) is 156 cm³/mol. The SMILES string of the molecule is C[C@@H](/C=C/CCn1cc(C(CO)c2ccccc2)nn1)[C@]1(O)C(=O)Nc2ccc(N3C(=O)COc4ccccc43)cc21. The maximum Gasteiger partial charge on any atom is 0.269 e. The molecule has 214 valence electrons. The third-order valence-corrected chi connectivity index (χ3v) is 7.88. The molecule has 42 heavy (non-hydrogen) atoms. The van der Waals surface area contributed by atoms with Gasteiger partial charge in [-0.15, -0.1) is 5.10 Å². The van der Waals surface area contributed by atoms with Crippen molar-refractivity contribution in [2.24, 2.45) is 5.92 Å². The summed E-state index contributed by atoms with van der Waals surface area (Å²) in [6.07, 6.45) is 6.13. The van der Waals surface area contributed by atoms with E-state index in [4.69, 9.17) is 4.74 Å². The number of carbonyl (C=O) groups excluding carboxylic acids is 2. The number of benzene rings is 3. The topological polar surface area (TPSA) is 130 Å². The molecule has 0 radical (unpaired) electrons. The van der Waals surface area contributed by atoms with Crippen molar-refractivity contribution in [1.29, 1.82) is 0 Å². The van der Waals surface area contributed by atoms with Crippen molar-refractivity contribution in [3.8, 4) is 5.75 Å². The molecule has 0 fully saturated rings. The van der Waals surface area contributed by atoms with E-state index in [1.165, 1.54) is 0 Å². The van der Waals surface area contributed by atoms with Crippen molar-refractivity contribution in [3.63, 3.8) is 0 Å². The van der Waals surface area contributed by atoms with Crippen molar-refractivity contribution in [3.05, 3.63) is 108 Å². The van der Waals surface area contributed by atoms with Gasteiger partial charge in [-0.25, -0.2) is 0 Å². The molecule has 2 amide bonds. The van der Waals surface area contributed by atoms with Gasteiger partial charge in [0.15, 0.2) is 12.2 Å². The molecule has 3 heterocycles. The van der Waals surface area contributed by atoms with Gasteiger partial charge in [-0.05, 0) is 42.3 Å². The first-order valence-electron chi connectivity index (χ1n) is 13.9. The van der Waals surface area contributed by atoms with Gasteiger partial charge in [0, 0.05) is 35.6 Å². The lowest BCUT2D eigenvalue weighted by molar-refractivity contribution is -0.137. The number of nitrogens with zero attached hydrogens (tertiary/aromatic N) is 4. The first-order chi connectivity index (χ1) is 20.4. The third kappa shape index (κ3) is 4.84. The fraction of sp³-hybridized carbons (Fsp3) is 0.250. The Hall–Kier alpha value is -4.80. The zero-order chi connectivity index (χ0) is 29.3. The van der Waals surface area contributed by atoms with Crippen molar-refractivity contribution in [2.45, 2.75) is 31.4 Å². The maximum absolute atomic E-state index is 13.1. The van der Waals surface area contributed by atoms with Crippen molar-refractivity contribution < 1.29 is 24.5 Å². The summed E-state index contributed by atoms with van der Waals surface area (Å²) in [5.41, 5.74) is 1.90. The third-order valence-electron chi connectivity index (χ3n) is 7.88. The van der Waals surface area contributed by atoms with Crippen LogP contribution in [0.3, 0.4) is 0 Å². The smallest absolute Gasteiger partial charge is 0.269 e. The van der Waals surface area contributed by atoms with E-state index in [9.17, 15) is 19.8 Å². The summed E-state index contributed by atoms with van der Waals surface area (Å²) in [5.74, 6) is -0.989. The molecule has 1 unspecified atom stereocenters. The fourth-order valence-electron chi connectivity index (χ4n) is 5.56. The number of aryl methyl sites for hydroxylation is 1. The Balaban J connectivity index is 1.17. The molecule has 3 aromatic carbocycles. The van der Waals surface area contributed by atoms with Crippen LogP contribution in [0.15, 0.2) is 91.1 Å². The molecular formula is C32H31N5O5. The highest BCUT2D eigenvalue weighted by Gasteiger charge is 2.49. The number of fused-ring (bicyclic) bond motifs is 2. The lowest BCUT2D eigenvalue weighted by Crippen LogP contribution is -2.40. The minimum absolute atomic E-state index is 0.0732. The van der Waals surface area contributed by atoms with Crippen LogP contribution in [-0.2, 0) is 21.7 Å². The van der Waals surface area contributed by atoms with Crippen LogP contribution in [0, 0.1) is 5.92 Å². The lowest BCUT2D eigenvalue weighted by atomic mass is 9.82. The minimum atomic E-state index is -1.82. The monoisotopic (exact) mass is 565 g/mol. The van der Waals surface area contributed by atoms with Gasteiger partial charge < -0.3 is 20.3 Å². The van der Waals surface area contributed by atoms with Crippen molar-refractivity contribution in [2.75, 3.05) is 23.4 Å². The molecule has 6 rings (SSSR count). The van der Waals surface area contributed by atoms with Crippen LogP contribution in [0.5, 0.6) is 5.75 Å². The van der Waals surface area contributed by atoms with Gasteiger partial charge in [0.25, 0.3) is 11.8 Å². The first kappa shape index (κ1) is 27.4. The molecule has 10 nitrogen and oxygen atoms in total. The Bertz CT molecular complexity index is 1650. The number of rotatable bonds is 9. The number of anilines is 3. The Morgan fingerprint density at radius 3 is 2.69 bits per heavy atom. The average Bonchev–Trinajstić information content (AvgIpc) is 3.58. The summed E-state index contributed by atoms with van der Waals surface area (Å²) in [6, 6.07) is 22.1. The van der Waals surface area contributed by atoms with Gasteiger partial charge in [0.05, 0.1) is 23.9 Å². The van der Waals surface area contributed by atoms with E-state index in [0.29, 0.717) is 47.0 Å². The minimum Gasteiger partial charge on any atom is -0.482 e. The number of nitrogens with one attached hydrogen (secondary N) is 1. The zero-order valence-electron chi connectivity index (χ0n) is 23.1. The average molecular weight is 566 g/mol. The van der Waals surface area contributed by atoms with E-state index < -0.39 is 17.4 Å².